The molecule has 2 N–H and O–H groups in total. The Labute approximate surface area is 114 Å². The van der Waals surface area contributed by atoms with E-state index in [-0.39, 0.29) is 0 Å². The summed E-state index contributed by atoms with van der Waals surface area (Å²) < 4.78 is 0. The quantitative estimate of drug-likeness (QED) is 0.795. The van der Waals surface area contributed by atoms with E-state index in [0.717, 1.165) is 18.9 Å². The molecule has 1 saturated heterocycles. The molecule has 0 amide bonds. The van der Waals surface area contributed by atoms with E-state index in [2.05, 4.69) is 28.8 Å². The number of thioether (sulfide) groups is 1. The summed E-state index contributed by atoms with van der Waals surface area (Å²) in [6.07, 6.45) is 3.78. The summed E-state index contributed by atoms with van der Waals surface area (Å²) in [6, 6.07) is 7.06. The lowest BCUT2D eigenvalue weighted by Crippen LogP contribution is -2.47. The zero-order chi connectivity index (χ0) is 12.2. The van der Waals surface area contributed by atoms with Crippen LogP contribution in [0.4, 0.5) is 0 Å². The smallest absolute Gasteiger partial charge is 0.0104 e. The van der Waals surface area contributed by atoms with Crippen LogP contribution in [-0.4, -0.2) is 31.9 Å². The van der Waals surface area contributed by atoms with E-state index in [4.69, 9.17) is 0 Å². The number of nitrogens with one attached hydrogen (secondary N) is 2. The predicted molar refractivity (Wildman–Crippen MR) is 78.4 cm³/mol. The fourth-order valence-electron chi connectivity index (χ4n) is 2.60. The van der Waals surface area contributed by atoms with Gasteiger partial charge in [-0.05, 0) is 54.7 Å². The van der Waals surface area contributed by atoms with Gasteiger partial charge in [-0.25, -0.2) is 0 Å². The topological polar surface area (TPSA) is 24.1 Å². The number of benzene rings is 1. The molecular weight excluding hydrogens is 240 g/mol. The highest BCUT2D eigenvalue weighted by atomic mass is 32.2. The van der Waals surface area contributed by atoms with Crippen molar-refractivity contribution < 1.29 is 0 Å². The second-order valence-electron chi connectivity index (χ2n) is 5.37. The molecule has 2 heterocycles. The van der Waals surface area contributed by atoms with Gasteiger partial charge in [0.15, 0.2) is 0 Å². The van der Waals surface area contributed by atoms with Crippen LogP contribution in [0.2, 0.25) is 0 Å². The summed E-state index contributed by atoms with van der Waals surface area (Å²) in [5, 5.41) is 6.88. The van der Waals surface area contributed by atoms with E-state index in [1.54, 1.807) is 5.56 Å². The first-order valence-corrected chi connectivity index (χ1v) is 8.06. The van der Waals surface area contributed by atoms with E-state index >= 15 is 0 Å². The molecule has 0 spiro atoms. The summed E-state index contributed by atoms with van der Waals surface area (Å²) in [5.74, 6) is 2.16. The van der Waals surface area contributed by atoms with Crippen molar-refractivity contribution in [1.82, 2.24) is 10.6 Å². The Morgan fingerprint density at radius 3 is 3.11 bits per heavy atom. The highest BCUT2D eigenvalue weighted by Crippen LogP contribution is 2.30. The molecule has 0 saturated carbocycles. The number of hydrogen-bond donors (Lipinski definition) is 2. The Bertz CT molecular complexity index is 401. The zero-order valence-corrected chi connectivity index (χ0v) is 11.7. The van der Waals surface area contributed by atoms with Gasteiger partial charge in [0, 0.05) is 24.5 Å². The molecule has 1 fully saturated rings. The standard InChI is InChI=1S/C15H22N2S/c1-2-14-8-12(3-4-15(14)18-7-1)5-6-16-9-13-10-17-11-13/h3-4,8,13,16-17H,1-2,5-7,9-11H2. The molecule has 98 valence electrons. The average molecular weight is 262 g/mol. The number of aryl methyl sites for hydroxylation is 1. The van der Waals surface area contributed by atoms with Crippen molar-refractivity contribution in [2.45, 2.75) is 24.2 Å². The number of rotatable bonds is 5. The maximum atomic E-state index is 3.57. The molecule has 18 heavy (non-hydrogen) atoms. The maximum Gasteiger partial charge on any atom is 0.0104 e. The highest BCUT2D eigenvalue weighted by molar-refractivity contribution is 7.99. The van der Waals surface area contributed by atoms with E-state index in [9.17, 15) is 0 Å². The summed E-state index contributed by atoms with van der Waals surface area (Å²) >= 11 is 2.02. The van der Waals surface area contributed by atoms with Crippen molar-refractivity contribution in [3.63, 3.8) is 0 Å². The lowest BCUT2D eigenvalue weighted by atomic mass is 10.0. The summed E-state index contributed by atoms with van der Waals surface area (Å²) in [4.78, 5) is 1.51. The molecule has 3 rings (SSSR count). The monoisotopic (exact) mass is 262 g/mol. The van der Waals surface area contributed by atoms with Crippen molar-refractivity contribution in [3.05, 3.63) is 29.3 Å². The molecule has 1 aromatic carbocycles. The van der Waals surface area contributed by atoms with Gasteiger partial charge in [0.2, 0.25) is 0 Å². The fourth-order valence-corrected chi connectivity index (χ4v) is 3.62. The normalized spacial score (nSPS) is 19.3. The Kier molecular flexibility index (Phi) is 4.24. The first-order chi connectivity index (χ1) is 8.92. The maximum absolute atomic E-state index is 3.57. The van der Waals surface area contributed by atoms with Crippen molar-refractivity contribution >= 4 is 11.8 Å². The van der Waals surface area contributed by atoms with Gasteiger partial charge in [-0.3, -0.25) is 0 Å². The summed E-state index contributed by atoms with van der Waals surface area (Å²) in [5.41, 5.74) is 3.07. The first-order valence-electron chi connectivity index (χ1n) is 7.08. The van der Waals surface area contributed by atoms with Crippen LogP contribution in [0.25, 0.3) is 0 Å². The number of fused-ring (bicyclic) bond motifs is 1. The molecule has 1 aromatic rings. The van der Waals surface area contributed by atoms with Gasteiger partial charge in [-0.2, -0.15) is 0 Å². The van der Waals surface area contributed by atoms with Crippen LogP contribution in [-0.2, 0) is 12.8 Å². The van der Waals surface area contributed by atoms with Crippen molar-refractivity contribution in [2.24, 2.45) is 5.92 Å². The van der Waals surface area contributed by atoms with Crippen LogP contribution in [0.5, 0.6) is 0 Å². The largest absolute Gasteiger partial charge is 0.316 e. The SMILES string of the molecule is c1cc2c(cc1CCNCC1CNC1)CCCS2. The second-order valence-corrected chi connectivity index (χ2v) is 6.51. The molecular formula is C15H22N2S. The van der Waals surface area contributed by atoms with Crippen LogP contribution in [0.1, 0.15) is 17.5 Å². The van der Waals surface area contributed by atoms with Crippen molar-refractivity contribution in [3.8, 4) is 0 Å². The molecule has 0 aromatic heterocycles. The highest BCUT2D eigenvalue weighted by Gasteiger charge is 2.15. The summed E-state index contributed by atoms with van der Waals surface area (Å²) in [7, 11) is 0. The molecule has 2 nitrogen and oxygen atoms in total. The molecule has 0 atom stereocenters. The Morgan fingerprint density at radius 1 is 1.33 bits per heavy atom. The first kappa shape index (κ1) is 12.5. The third-order valence-corrected chi connectivity index (χ3v) is 5.06. The predicted octanol–water partition coefficient (Wildman–Crippen LogP) is 2.08. The van der Waals surface area contributed by atoms with Gasteiger partial charge in [0.25, 0.3) is 0 Å². The van der Waals surface area contributed by atoms with Gasteiger partial charge >= 0.3 is 0 Å². The van der Waals surface area contributed by atoms with E-state index < -0.39 is 0 Å². The van der Waals surface area contributed by atoms with Crippen LogP contribution in [0.3, 0.4) is 0 Å². The van der Waals surface area contributed by atoms with Crippen LogP contribution >= 0.6 is 11.8 Å². The third kappa shape index (κ3) is 3.08. The van der Waals surface area contributed by atoms with Crippen LogP contribution in [0, 0.1) is 5.92 Å². The van der Waals surface area contributed by atoms with Crippen molar-refractivity contribution in [2.75, 3.05) is 31.9 Å². The molecule has 2 aliphatic rings. The molecule has 0 aliphatic carbocycles. The minimum absolute atomic E-state index is 0.866. The molecule has 0 bridgehead atoms. The zero-order valence-electron chi connectivity index (χ0n) is 10.9. The second kappa shape index (κ2) is 6.09. The molecule has 0 radical (unpaired) electrons. The van der Waals surface area contributed by atoms with Crippen LogP contribution in [0.15, 0.2) is 23.1 Å². The van der Waals surface area contributed by atoms with Gasteiger partial charge in [0.1, 0.15) is 0 Å². The minimum atomic E-state index is 0.866. The van der Waals surface area contributed by atoms with Gasteiger partial charge in [-0.1, -0.05) is 12.1 Å². The Hall–Kier alpha value is -0.510. The molecule has 0 unspecified atom stereocenters. The molecule has 2 aliphatic heterocycles. The Morgan fingerprint density at radius 2 is 2.28 bits per heavy atom. The lowest BCUT2D eigenvalue weighted by molar-refractivity contribution is 0.333. The minimum Gasteiger partial charge on any atom is -0.316 e. The van der Waals surface area contributed by atoms with Gasteiger partial charge in [0.05, 0.1) is 0 Å². The lowest BCUT2D eigenvalue weighted by Gasteiger charge is -2.27. The number of hydrogen-bond acceptors (Lipinski definition) is 3. The van der Waals surface area contributed by atoms with Crippen molar-refractivity contribution in [1.29, 1.82) is 0 Å². The fraction of sp³-hybridized carbons (Fsp3) is 0.600. The van der Waals surface area contributed by atoms with E-state index in [0.29, 0.717) is 0 Å². The van der Waals surface area contributed by atoms with Gasteiger partial charge < -0.3 is 10.6 Å². The van der Waals surface area contributed by atoms with E-state index in [1.807, 2.05) is 11.8 Å². The van der Waals surface area contributed by atoms with Gasteiger partial charge in [-0.15, -0.1) is 11.8 Å². The van der Waals surface area contributed by atoms with Crippen LogP contribution < -0.4 is 10.6 Å². The molecule has 3 heteroatoms. The third-order valence-electron chi connectivity index (χ3n) is 3.86. The van der Waals surface area contributed by atoms with E-state index in [1.165, 1.54) is 48.7 Å². The average Bonchev–Trinajstić information content (AvgIpc) is 2.36. The Balaban J connectivity index is 1.46. The summed E-state index contributed by atoms with van der Waals surface area (Å²) in [6.45, 7) is 4.68.